The first-order valence-electron chi connectivity index (χ1n) is 7.90. The van der Waals surface area contributed by atoms with Crippen LogP contribution in [-0.2, 0) is 10.3 Å². The molecule has 0 saturated heterocycles. The molecule has 0 spiro atoms. The second kappa shape index (κ2) is 6.69. The lowest BCUT2D eigenvalue weighted by atomic mass is 9.74. The van der Waals surface area contributed by atoms with Crippen LogP contribution in [0.15, 0.2) is 42.9 Å². The number of ketones is 1. The highest BCUT2D eigenvalue weighted by Gasteiger charge is 2.48. The van der Waals surface area contributed by atoms with E-state index in [0.29, 0.717) is 23.4 Å². The molecule has 124 valence electrons. The maximum Gasteiger partial charge on any atom is 0.274 e. The summed E-state index contributed by atoms with van der Waals surface area (Å²) in [5, 5.41) is 0.492. The summed E-state index contributed by atoms with van der Waals surface area (Å²) in [6.07, 6.45) is 7.05. The molecule has 24 heavy (non-hydrogen) atoms. The van der Waals surface area contributed by atoms with Crippen LogP contribution in [0.4, 0.5) is 0 Å². The number of hydrogen-bond acceptors (Lipinski definition) is 4. The van der Waals surface area contributed by atoms with Crippen molar-refractivity contribution in [1.29, 1.82) is 0 Å². The van der Waals surface area contributed by atoms with Crippen LogP contribution in [-0.4, -0.2) is 33.6 Å². The van der Waals surface area contributed by atoms with Crippen molar-refractivity contribution in [3.8, 4) is 0 Å². The number of rotatable bonds is 3. The molecule has 0 unspecified atom stereocenters. The van der Waals surface area contributed by atoms with Gasteiger partial charge < -0.3 is 4.90 Å². The van der Waals surface area contributed by atoms with Gasteiger partial charge in [-0.25, -0.2) is 4.98 Å². The summed E-state index contributed by atoms with van der Waals surface area (Å²) >= 11 is 6.39. The van der Waals surface area contributed by atoms with Crippen LogP contribution >= 0.6 is 11.6 Å². The largest absolute Gasteiger partial charge is 0.323 e. The van der Waals surface area contributed by atoms with Crippen LogP contribution in [0.3, 0.4) is 0 Å². The third-order valence-corrected chi connectivity index (χ3v) is 4.96. The van der Waals surface area contributed by atoms with Crippen molar-refractivity contribution in [3.05, 3.63) is 59.1 Å². The highest BCUT2D eigenvalue weighted by Crippen LogP contribution is 2.42. The van der Waals surface area contributed by atoms with Crippen molar-refractivity contribution in [2.24, 2.45) is 0 Å². The monoisotopic (exact) mass is 343 g/mol. The van der Waals surface area contributed by atoms with Crippen molar-refractivity contribution in [1.82, 2.24) is 14.9 Å². The molecule has 2 aromatic rings. The van der Waals surface area contributed by atoms with Crippen molar-refractivity contribution >= 4 is 23.3 Å². The molecule has 1 aliphatic carbocycles. The van der Waals surface area contributed by atoms with Crippen LogP contribution in [0.2, 0.25) is 5.02 Å². The van der Waals surface area contributed by atoms with Gasteiger partial charge in [-0.1, -0.05) is 29.8 Å². The normalized spacial score (nSPS) is 20.7. The Morgan fingerprint density at radius 1 is 1.25 bits per heavy atom. The van der Waals surface area contributed by atoms with E-state index < -0.39 is 5.54 Å². The number of carbonyl (C=O) groups is 2. The summed E-state index contributed by atoms with van der Waals surface area (Å²) in [6.45, 7) is 0. The van der Waals surface area contributed by atoms with Crippen LogP contribution in [0.25, 0.3) is 0 Å². The fourth-order valence-corrected chi connectivity index (χ4v) is 3.68. The summed E-state index contributed by atoms with van der Waals surface area (Å²) in [5.74, 6) is -0.320. The van der Waals surface area contributed by atoms with Gasteiger partial charge in [-0.3, -0.25) is 14.6 Å². The lowest BCUT2D eigenvalue weighted by Crippen LogP contribution is -2.54. The third kappa shape index (κ3) is 2.69. The molecule has 0 radical (unpaired) electrons. The Morgan fingerprint density at radius 2 is 2.04 bits per heavy atom. The van der Waals surface area contributed by atoms with E-state index in [0.717, 1.165) is 12.8 Å². The zero-order chi connectivity index (χ0) is 17.2. The second-order valence-corrected chi connectivity index (χ2v) is 6.33. The molecule has 1 aromatic heterocycles. The zero-order valence-corrected chi connectivity index (χ0v) is 14.2. The number of likely N-dealkylation sites (N-methyl/N-ethyl adjacent to an activating group) is 1. The SMILES string of the molecule is CN(C(=O)c1cnccn1)[C@]1(c2ccccc2Cl)CCCCC1=O. The Morgan fingerprint density at radius 3 is 2.71 bits per heavy atom. The molecule has 1 saturated carbocycles. The maximum absolute atomic E-state index is 13.0. The van der Waals surface area contributed by atoms with Gasteiger partial charge in [0.15, 0.2) is 5.78 Å². The minimum absolute atomic E-state index is 0.0154. The van der Waals surface area contributed by atoms with Gasteiger partial charge in [0, 0.05) is 36.4 Å². The van der Waals surface area contributed by atoms with Gasteiger partial charge in [0.2, 0.25) is 0 Å². The highest BCUT2D eigenvalue weighted by molar-refractivity contribution is 6.31. The number of hydrogen-bond donors (Lipinski definition) is 0. The van der Waals surface area contributed by atoms with Gasteiger partial charge in [0.1, 0.15) is 11.2 Å². The van der Waals surface area contributed by atoms with Crippen LogP contribution in [0.1, 0.15) is 41.7 Å². The van der Waals surface area contributed by atoms with E-state index in [9.17, 15) is 9.59 Å². The standard InChI is InChI=1S/C18H18ClN3O2/c1-22(17(24)15-12-20-10-11-21-15)18(9-5-4-8-16(18)23)13-6-2-3-7-14(13)19/h2-3,6-7,10-12H,4-5,8-9H2,1H3/t18-/m0/s1. The maximum atomic E-state index is 13.0. The van der Waals surface area contributed by atoms with Crippen LogP contribution in [0, 0.1) is 0 Å². The minimum Gasteiger partial charge on any atom is -0.323 e. The van der Waals surface area contributed by atoms with Crippen LogP contribution in [0.5, 0.6) is 0 Å². The topological polar surface area (TPSA) is 63.2 Å². The molecule has 0 N–H and O–H groups in total. The first kappa shape index (κ1) is 16.6. The summed E-state index contributed by atoms with van der Waals surface area (Å²) in [6, 6.07) is 7.23. The van der Waals surface area contributed by atoms with Gasteiger partial charge in [-0.15, -0.1) is 0 Å². The van der Waals surface area contributed by atoms with Gasteiger partial charge in [0.25, 0.3) is 5.91 Å². The van der Waals surface area contributed by atoms with E-state index in [1.165, 1.54) is 23.5 Å². The number of nitrogens with zero attached hydrogens (tertiary/aromatic N) is 3. The summed E-state index contributed by atoms with van der Waals surface area (Å²) in [7, 11) is 1.64. The molecule has 1 heterocycles. The smallest absolute Gasteiger partial charge is 0.274 e. The number of aromatic nitrogens is 2. The summed E-state index contributed by atoms with van der Waals surface area (Å²) in [4.78, 5) is 35.4. The molecule has 1 fully saturated rings. The average Bonchev–Trinajstić information content (AvgIpc) is 2.62. The second-order valence-electron chi connectivity index (χ2n) is 5.93. The Kier molecular flexibility index (Phi) is 4.62. The minimum atomic E-state index is -1.05. The summed E-state index contributed by atoms with van der Waals surface area (Å²) in [5.41, 5.74) is -0.161. The van der Waals surface area contributed by atoms with Crippen molar-refractivity contribution in [2.75, 3.05) is 7.05 Å². The molecule has 1 aromatic carbocycles. The molecule has 0 aliphatic heterocycles. The van der Waals surface area contributed by atoms with E-state index in [-0.39, 0.29) is 17.4 Å². The van der Waals surface area contributed by atoms with Crippen molar-refractivity contribution < 1.29 is 9.59 Å². The Labute approximate surface area is 145 Å². The van der Waals surface area contributed by atoms with Gasteiger partial charge in [0.05, 0.1) is 6.20 Å². The molecule has 6 heteroatoms. The molecular weight excluding hydrogens is 326 g/mol. The fraction of sp³-hybridized carbons (Fsp3) is 0.333. The van der Waals surface area contributed by atoms with Crippen LogP contribution < -0.4 is 0 Å². The Bertz CT molecular complexity index is 766. The molecule has 3 rings (SSSR count). The van der Waals surface area contributed by atoms with E-state index in [4.69, 9.17) is 11.6 Å². The number of halogens is 1. The number of amides is 1. The quantitative estimate of drug-likeness (QED) is 0.858. The summed E-state index contributed by atoms with van der Waals surface area (Å²) < 4.78 is 0. The molecule has 1 aliphatic rings. The van der Waals surface area contributed by atoms with Crippen molar-refractivity contribution in [2.45, 2.75) is 31.2 Å². The number of Topliss-reactive ketones (excluding diaryl/α,β-unsaturated/α-hetero) is 1. The third-order valence-electron chi connectivity index (χ3n) is 4.63. The highest BCUT2D eigenvalue weighted by atomic mass is 35.5. The first-order chi connectivity index (χ1) is 11.6. The average molecular weight is 344 g/mol. The lowest BCUT2D eigenvalue weighted by molar-refractivity contribution is -0.132. The molecule has 5 nitrogen and oxygen atoms in total. The Hall–Kier alpha value is -2.27. The first-order valence-corrected chi connectivity index (χ1v) is 8.27. The van der Waals surface area contributed by atoms with Crippen molar-refractivity contribution in [3.63, 3.8) is 0 Å². The van der Waals surface area contributed by atoms with Gasteiger partial charge in [-0.2, -0.15) is 0 Å². The molecule has 1 amide bonds. The van der Waals surface area contributed by atoms with E-state index in [1.807, 2.05) is 18.2 Å². The molecule has 0 bridgehead atoms. The van der Waals surface area contributed by atoms with E-state index in [1.54, 1.807) is 13.1 Å². The van der Waals surface area contributed by atoms with Gasteiger partial charge in [-0.05, 0) is 25.3 Å². The Balaban J connectivity index is 2.10. The fourth-order valence-electron chi connectivity index (χ4n) is 3.38. The number of carbonyl (C=O) groups excluding carboxylic acids is 2. The predicted octanol–water partition coefficient (Wildman–Crippen LogP) is 3.24. The van der Waals surface area contributed by atoms with E-state index >= 15 is 0 Å². The molecule has 1 atom stereocenters. The zero-order valence-electron chi connectivity index (χ0n) is 13.4. The van der Waals surface area contributed by atoms with Gasteiger partial charge >= 0.3 is 0 Å². The number of benzene rings is 1. The predicted molar refractivity (Wildman–Crippen MR) is 90.7 cm³/mol. The van der Waals surface area contributed by atoms with E-state index in [2.05, 4.69) is 9.97 Å². The molecular formula is C18H18ClN3O2. The lowest BCUT2D eigenvalue weighted by Gasteiger charge is -2.43.